The number of hydrogen-bond acceptors (Lipinski definition) is 9. The van der Waals surface area contributed by atoms with Gasteiger partial charge in [-0.15, -0.1) is 0 Å². The van der Waals surface area contributed by atoms with E-state index in [2.05, 4.69) is 20.0 Å². The van der Waals surface area contributed by atoms with Gasteiger partial charge in [-0.2, -0.15) is 0 Å². The summed E-state index contributed by atoms with van der Waals surface area (Å²) in [6.07, 6.45) is 9.67. The number of allylic oxidation sites excluding steroid dienone is 8. The normalized spacial score (nSPS) is 29.3. The first-order chi connectivity index (χ1) is 16.4. The van der Waals surface area contributed by atoms with Crippen LogP contribution in [0.4, 0.5) is 0 Å². The van der Waals surface area contributed by atoms with E-state index in [1.54, 1.807) is 18.2 Å². The van der Waals surface area contributed by atoms with Crippen LogP contribution in [0.15, 0.2) is 90.4 Å². The van der Waals surface area contributed by atoms with Crippen molar-refractivity contribution in [2.45, 2.75) is 45.8 Å². The molecule has 0 aromatic rings. The quantitative estimate of drug-likeness (QED) is 0.589. The number of hydrogen-bond donors (Lipinski definition) is 1. The summed E-state index contributed by atoms with van der Waals surface area (Å²) in [6.45, 7) is 7.76. The molecule has 8 bridgehead atoms. The Bertz CT molecular complexity index is 1470. The second kappa shape index (κ2) is 7.44. The minimum atomic E-state index is -1.81. The lowest BCUT2D eigenvalue weighted by Crippen LogP contribution is -2.40. The molecule has 0 amide bonds. The maximum absolute atomic E-state index is 13.4. The van der Waals surface area contributed by atoms with Crippen LogP contribution in [0, 0.1) is 0 Å². The molecular formula is C26H22N4O5. The van der Waals surface area contributed by atoms with E-state index in [-0.39, 0.29) is 22.8 Å². The molecule has 0 unspecified atom stereocenters. The molecule has 5 aliphatic rings. The number of aliphatic imine (C=N–C) groups is 4. The summed E-state index contributed by atoms with van der Waals surface area (Å²) < 4.78 is 5.45. The lowest BCUT2D eigenvalue weighted by molar-refractivity contribution is -0.156. The van der Waals surface area contributed by atoms with Crippen molar-refractivity contribution in [1.82, 2.24) is 0 Å². The molecule has 0 saturated carbocycles. The maximum atomic E-state index is 13.4. The summed E-state index contributed by atoms with van der Waals surface area (Å²) in [5.41, 5.74) is 0.504. The first kappa shape index (κ1) is 22.7. The van der Waals surface area contributed by atoms with Gasteiger partial charge < -0.3 is 9.84 Å². The van der Waals surface area contributed by atoms with E-state index in [1.807, 2.05) is 13.8 Å². The topological polar surface area (TPSA) is 130 Å². The minimum absolute atomic E-state index is 0.0706. The molecule has 9 nitrogen and oxygen atoms in total. The third-order valence-electron chi connectivity index (χ3n) is 6.31. The number of fused-ring (bicyclic) bond motifs is 4. The largest absolute Gasteiger partial charge is 0.444 e. The van der Waals surface area contributed by atoms with Crippen LogP contribution in [0.3, 0.4) is 0 Å². The Morgan fingerprint density at radius 2 is 1.49 bits per heavy atom. The molecule has 5 rings (SSSR count). The summed E-state index contributed by atoms with van der Waals surface area (Å²) in [6, 6.07) is 0. The van der Waals surface area contributed by atoms with E-state index in [9.17, 15) is 19.5 Å². The Kier molecular flexibility index (Phi) is 4.82. The fraction of sp³-hybridized carbons (Fsp3) is 0.269. The number of carbonyl (C=O) groups is 3. The second-order valence-electron chi connectivity index (χ2n) is 9.20. The lowest BCUT2D eigenvalue weighted by atomic mass is 9.95. The van der Waals surface area contributed by atoms with Crippen LogP contribution in [-0.2, 0) is 19.1 Å². The number of nitrogens with zero attached hydrogens (tertiary/aromatic N) is 4. The molecule has 0 spiro atoms. The van der Waals surface area contributed by atoms with Crippen molar-refractivity contribution in [3.8, 4) is 0 Å². The average Bonchev–Trinajstić information content (AvgIpc) is 3.41. The molecule has 35 heavy (non-hydrogen) atoms. The van der Waals surface area contributed by atoms with Crippen molar-refractivity contribution in [3.63, 3.8) is 0 Å². The van der Waals surface area contributed by atoms with Gasteiger partial charge >= 0.3 is 5.97 Å². The van der Waals surface area contributed by atoms with E-state index in [0.717, 1.165) is 11.1 Å². The fourth-order valence-corrected chi connectivity index (χ4v) is 4.32. The van der Waals surface area contributed by atoms with Gasteiger partial charge in [0.05, 0.1) is 34.2 Å². The standard InChI is InChI=1S/C26H22N4O5/c1-12-7-16-9-21-25(4,34)23(32)19(29-21)8-15-6-13(2)18(27-15)11-22-26(5,35-14(3)31)24(33)20(30-22)10-17(12)28-16/h6-11,34H,1-5H3/t25-,26+/m0/s1. The number of Topliss-reactive ketones (excluding diaryl/α,β-unsaturated/α-hetero) is 2. The predicted molar refractivity (Wildman–Crippen MR) is 130 cm³/mol. The zero-order valence-corrected chi connectivity index (χ0v) is 19.8. The van der Waals surface area contributed by atoms with E-state index in [1.165, 1.54) is 39.0 Å². The second-order valence-corrected chi connectivity index (χ2v) is 9.20. The highest BCUT2D eigenvalue weighted by Gasteiger charge is 2.48. The number of carbonyl (C=O) groups excluding carboxylic acids is 3. The zero-order chi connectivity index (χ0) is 25.3. The maximum Gasteiger partial charge on any atom is 0.304 e. The van der Waals surface area contributed by atoms with E-state index in [4.69, 9.17) is 4.74 Å². The third kappa shape index (κ3) is 3.55. The molecule has 9 heteroatoms. The van der Waals surface area contributed by atoms with Gasteiger partial charge in [0.2, 0.25) is 17.2 Å². The van der Waals surface area contributed by atoms with Gasteiger partial charge in [0.1, 0.15) is 11.4 Å². The summed E-state index contributed by atoms with van der Waals surface area (Å²) in [5, 5.41) is 10.9. The first-order valence-corrected chi connectivity index (χ1v) is 11.0. The lowest BCUT2D eigenvalue weighted by Gasteiger charge is -2.22. The van der Waals surface area contributed by atoms with Gasteiger partial charge in [-0.25, -0.2) is 20.0 Å². The summed E-state index contributed by atoms with van der Waals surface area (Å²) >= 11 is 0. The first-order valence-electron chi connectivity index (χ1n) is 11.0. The Hall–Kier alpha value is -4.11. The SMILES string of the molecule is CC(=O)O[C@@]1(C)C(=O)C2=NC1=CC1=NC(=CC3=NC(=CC4=NC(=C2)C(C)=C4)[C@](C)(O)C3=O)C=C1C. The zero-order valence-electron chi connectivity index (χ0n) is 19.8. The molecule has 0 saturated heterocycles. The number of esters is 1. The summed E-state index contributed by atoms with van der Waals surface area (Å²) in [7, 11) is 0. The number of aliphatic hydroxyl groups is 1. The smallest absolute Gasteiger partial charge is 0.304 e. The van der Waals surface area contributed by atoms with Crippen LogP contribution in [0.2, 0.25) is 0 Å². The van der Waals surface area contributed by atoms with Crippen molar-refractivity contribution in [2.75, 3.05) is 0 Å². The summed E-state index contributed by atoms with van der Waals surface area (Å²) in [4.78, 5) is 56.1. The molecule has 5 aliphatic heterocycles. The highest BCUT2D eigenvalue weighted by Crippen LogP contribution is 2.35. The van der Waals surface area contributed by atoms with E-state index < -0.39 is 28.7 Å². The average molecular weight is 470 g/mol. The Morgan fingerprint density at radius 3 is 2.20 bits per heavy atom. The van der Waals surface area contributed by atoms with Gasteiger partial charge in [-0.3, -0.25) is 14.4 Å². The van der Waals surface area contributed by atoms with Crippen LogP contribution < -0.4 is 0 Å². The molecule has 0 aromatic carbocycles. The van der Waals surface area contributed by atoms with Gasteiger partial charge in [-0.1, -0.05) is 0 Å². The van der Waals surface area contributed by atoms with Crippen LogP contribution in [0.1, 0.15) is 34.6 Å². The molecular weight excluding hydrogens is 448 g/mol. The van der Waals surface area contributed by atoms with Crippen molar-refractivity contribution in [1.29, 1.82) is 0 Å². The highest BCUT2D eigenvalue weighted by atomic mass is 16.6. The van der Waals surface area contributed by atoms with Gasteiger partial charge in [0, 0.05) is 6.92 Å². The van der Waals surface area contributed by atoms with E-state index in [0.29, 0.717) is 22.8 Å². The van der Waals surface area contributed by atoms with Crippen molar-refractivity contribution < 1.29 is 24.2 Å². The fourth-order valence-electron chi connectivity index (χ4n) is 4.32. The van der Waals surface area contributed by atoms with Crippen molar-refractivity contribution in [3.05, 3.63) is 70.4 Å². The number of ketones is 2. The van der Waals surface area contributed by atoms with E-state index >= 15 is 0 Å². The van der Waals surface area contributed by atoms with Crippen LogP contribution in [0.5, 0.6) is 0 Å². The van der Waals surface area contributed by atoms with Gasteiger partial charge in [-0.05, 0) is 75.3 Å². The molecule has 0 aromatic heterocycles. The van der Waals surface area contributed by atoms with Gasteiger partial charge in [0.15, 0.2) is 5.60 Å². The monoisotopic (exact) mass is 470 g/mol. The molecule has 2 atom stereocenters. The molecule has 1 N–H and O–H groups in total. The van der Waals surface area contributed by atoms with Crippen molar-refractivity contribution in [2.24, 2.45) is 20.0 Å². The summed E-state index contributed by atoms with van der Waals surface area (Å²) in [5.74, 6) is -1.63. The molecule has 0 aliphatic carbocycles. The predicted octanol–water partition coefficient (Wildman–Crippen LogP) is 2.46. The minimum Gasteiger partial charge on any atom is -0.444 e. The Labute approximate surface area is 201 Å². The molecule has 5 heterocycles. The van der Waals surface area contributed by atoms with Crippen LogP contribution in [-0.4, -0.2) is 56.7 Å². The van der Waals surface area contributed by atoms with Crippen molar-refractivity contribution >= 4 is 40.4 Å². The number of ether oxygens (including phenoxy) is 1. The molecule has 0 radical (unpaired) electrons. The molecule has 0 fully saturated rings. The third-order valence-corrected chi connectivity index (χ3v) is 6.31. The highest BCUT2D eigenvalue weighted by molar-refractivity contribution is 6.51. The number of rotatable bonds is 1. The Morgan fingerprint density at radius 1 is 0.800 bits per heavy atom. The van der Waals surface area contributed by atoms with Gasteiger partial charge in [0.25, 0.3) is 0 Å². The molecule has 176 valence electrons. The van der Waals surface area contributed by atoms with Crippen LogP contribution >= 0.6 is 0 Å². The Balaban J connectivity index is 1.75. The van der Waals surface area contributed by atoms with Crippen LogP contribution in [0.25, 0.3) is 0 Å².